The highest BCUT2D eigenvalue weighted by atomic mass is 79.9. The average molecular weight is 359 g/mol. The summed E-state index contributed by atoms with van der Waals surface area (Å²) in [6, 6.07) is 5.22. The number of para-hydroxylation sites is 1. The molecule has 0 saturated carbocycles. The van der Waals surface area contributed by atoms with Gasteiger partial charge in [0.1, 0.15) is 0 Å². The Morgan fingerprint density at radius 3 is 2.27 bits per heavy atom. The van der Waals surface area contributed by atoms with Gasteiger partial charge in [0.2, 0.25) is 10.0 Å². The molecule has 1 aromatic carbocycles. The fraction of sp³-hybridized carbons (Fsp3) is 0.250. The molecule has 0 fully saturated rings. The van der Waals surface area contributed by atoms with Crippen molar-refractivity contribution >= 4 is 47.6 Å². The van der Waals surface area contributed by atoms with Gasteiger partial charge in [0.15, 0.2) is 0 Å². The second-order valence-corrected chi connectivity index (χ2v) is 6.29. The molecule has 84 valence electrons. The number of rotatable bonds is 4. The minimum atomic E-state index is -3.49. The van der Waals surface area contributed by atoms with Crippen molar-refractivity contribution in [1.82, 2.24) is 0 Å². The van der Waals surface area contributed by atoms with Crippen LogP contribution in [0.25, 0.3) is 0 Å². The van der Waals surface area contributed by atoms with E-state index in [-0.39, 0.29) is 5.75 Å². The van der Waals surface area contributed by atoms with Crippen molar-refractivity contribution < 1.29 is 13.5 Å². The van der Waals surface area contributed by atoms with Crippen LogP contribution in [-0.4, -0.2) is 25.9 Å². The smallest absolute Gasteiger partial charge is 0.235 e. The summed E-state index contributed by atoms with van der Waals surface area (Å²) in [4.78, 5) is 0. The first-order valence-electron chi connectivity index (χ1n) is 4.01. The van der Waals surface area contributed by atoms with Gasteiger partial charge in [-0.25, -0.2) is 8.42 Å². The molecule has 0 spiro atoms. The number of aliphatic hydroxyl groups excluding tert-OH is 1. The SMILES string of the molecule is O=S(=O)(CCO)Nc1c(Br)cccc1Br. The highest BCUT2D eigenvalue weighted by Crippen LogP contribution is 2.31. The van der Waals surface area contributed by atoms with Crippen molar-refractivity contribution in [2.24, 2.45) is 0 Å². The number of aliphatic hydroxyl groups is 1. The summed E-state index contributed by atoms with van der Waals surface area (Å²) in [5.41, 5.74) is 0.436. The van der Waals surface area contributed by atoms with Crippen LogP contribution in [0.1, 0.15) is 0 Å². The summed E-state index contributed by atoms with van der Waals surface area (Å²) in [5.74, 6) is -0.319. The van der Waals surface area contributed by atoms with Crippen LogP contribution in [0, 0.1) is 0 Å². The molecule has 0 aromatic heterocycles. The molecule has 2 N–H and O–H groups in total. The van der Waals surface area contributed by atoms with Gasteiger partial charge in [-0.2, -0.15) is 0 Å². The number of hydrogen-bond donors (Lipinski definition) is 2. The zero-order valence-electron chi connectivity index (χ0n) is 7.57. The quantitative estimate of drug-likeness (QED) is 0.864. The van der Waals surface area contributed by atoms with Crippen LogP contribution in [0.15, 0.2) is 27.1 Å². The fourth-order valence-electron chi connectivity index (χ4n) is 0.922. The van der Waals surface area contributed by atoms with E-state index in [1.54, 1.807) is 18.2 Å². The molecule has 0 radical (unpaired) electrons. The van der Waals surface area contributed by atoms with Gasteiger partial charge in [-0.3, -0.25) is 4.72 Å². The molecule has 0 heterocycles. The van der Waals surface area contributed by atoms with Gasteiger partial charge in [0.05, 0.1) is 18.0 Å². The molecule has 0 aliphatic rings. The predicted octanol–water partition coefficient (Wildman–Crippen LogP) is 1.95. The number of anilines is 1. The van der Waals surface area contributed by atoms with Gasteiger partial charge in [-0.15, -0.1) is 0 Å². The van der Waals surface area contributed by atoms with Gasteiger partial charge in [0, 0.05) is 8.95 Å². The van der Waals surface area contributed by atoms with E-state index in [1.807, 2.05) is 0 Å². The molecule has 0 aliphatic carbocycles. The summed E-state index contributed by atoms with van der Waals surface area (Å²) >= 11 is 6.46. The van der Waals surface area contributed by atoms with Crippen molar-refractivity contribution in [2.75, 3.05) is 17.1 Å². The highest BCUT2D eigenvalue weighted by Gasteiger charge is 2.13. The predicted molar refractivity (Wildman–Crippen MR) is 66.3 cm³/mol. The molecule has 0 saturated heterocycles. The fourth-order valence-corrected chi connectivity index (χ4v) is 3.25. The molecule has 0 atom stereocenters. The summed E-state index contributed by atoms with van der Waals surface area (Å²) < 4.78 is 26.4. The molecule has 4 nitrogen and oxygen atoms in total. The summed E-state index contributed by atoms with van der Waals surface area (Å²) in [7, 11) is -3.49. The van der Waals surface area contributed by atoms with E-state index < -0.39 is 16.6 Å². The van der Waals surface area contributed by atoms with E-state index in [1.165, 1.54) is 0 Å². The number of sulfonamides is 1. The lowest BCUT2D eigenvalue weighted by molar-refractivity contribution is 0.320. The van der Waals surface area contributed by atoms with Crippen LogP contribution in [0.3, 0.4) is 0 Å². The second kappa shape index (κ2) is 5.29. The van der Waals surface area contributed by atoms with Crippen LogP contribution in [-0.2, 0) is 10.0 Å². The minimum Gasteiger partial charge on any atom is -0.395 e. The third-order valence-electron chi connectivity index (χ3n) is 1.58. The van der Waals surface area contributed by atoms with Crippen LogP contribution >= 0.6 is 31.9 Å². The first kappa shape index (κ1) is 13.0. The van der Waals surface area contributed by atoms with Crippen molar-refractivity contribution in [3.63, 3.8) is 0 Å². The van der Waals surface area contributed by atoms with E-state index in [0.717, 1.165) is 0 Å². The Morgan fingerprint density at radius 2 is 1.80 bits per heavy atom. The normalized spacial score (nSPS) is 11.4. The van der Waals surface area contributed by atoms with E-state index >= 15 is 0 Å². The Kier molecular flexibility index (Phi) is 4.57. The lowest BCUT2D eigenvalue weighted by Crippen LogP contribution is -2.19. The molecule has 15 heavy (non-hydrogen) atoms. The zero-order chi connectivity index (χ0) is 11.5. The van der Waals surface area contributed by atoms with Crippen molar-refractivity contribution in [3.05, 3.63) is 27.1 Å². The lowest BCUT2D eigenvalue weighted by atomic mass is 10.3. The largest absolute Gasteiger partial charge is 0.395 e. The summed E-state index contributed by atoms with van der Waals surface area (Å²) in [5, 5.41) is 8.58. The minimum absolute atomic E-state index is 0.319. The molecular formula is C8H9Br2NO3S. The van der Waals surface area contributed by atoms with Crippen LogP contribution in [0.5, 0.6) is 0 Å². The standard InChI is InChI=1S/C8H9Br2NO3S/c9-6-2-1-3-7(10)8(6)11-15(13,14)5-4-12/h1-3,11-12H,4-5H2. The lowest BCUT2D eigenvalue weighted by Gasteiger charge is -2.10. The third-order valence-corrected chi connectivity index (χ3v) is 4.14. The molecule has 0 aliphatic heterocycles. The maximum atomic E-state index is 11.4. The molecule has 1 aromatic rings. The van der Waals surface area contributed by atoms with Gasteiger partial charge < -0.3 is 5.11 Å². The van der Waals surface area contributed by atoms with Crippen LogP contribution in [0.2, 0.25) is 0 Å². The van der Waals surface area contributed by atoms with E-state index in [4.69, 9.17) is 5.11 Å². The van der Waals surface area contributed by atoms with Gasteiger partial charge in [-0.1, -0.05) is 6.07 Å². The monoisotopic (exact) mass is 357 g/mol. The first-order valence-corrected chi connectivity index (χ1v) is 7.25. The number of nitrogens with one attached hydrogen (secondary N) is 1. The number of halogens is 2. The van der Waals surface area contributed by atoms with E-state index in [0.29, 0.717) is 14.6 Å². The van der Waals surface area contributed by atoms with Crippen molar-refractivity contribution in [2.45, 2.75) is 0 Å². The topological polar surface area (TPSA) is 66.4 Å². The van der Waals surface area contributed by atoms with E-state index in [2.05, 4.69) is 36.6 Å². The summed E-state index contributed by atoms with van der Waals surface area (Å²) in [6.45, 7) is -0.405. The molecule has 0 unspecified atom stereocenters. The molecular weight excluding hydrogens is 350 g/mol. The Balaban J connectivity index is 2.99. The highest BCUT2D eigenvalue weighted by molar-refractivity contribution is 9.11. The maximum Gasteiger partial charge on any atom is 0.235 e. The Labute approximate surface area is 105 Å². The van der Waals surface area contributed by atoms with Gasteiger partial charge in [-0.05, 0) is 44.0 Å². The Hall–Kier alpha value is -0.110. The molecule has 0 amide bonds. The van der Waals surface area contributed by atoms with Crippen LogP contribution in [0.4, 0.5) is 5.69 Å². The Bertz CT molecular complexity index is 427. The van der Waals surface area contributed by atoms with E-state index in [9.17, 15) is 8.42 Å². The maximum absolute atomic E-state index is 11.4. The first-order chi connectivity index (χ1) is 6.96. The average Bonchev–Trinajstić information content (AvgIpc) is 2.11. The molecule has 7 heteroatoms. The van der Waals surface area contributed by atoms with Gasteiger partial charge >= 0.3 is 0 Å². The zero-order valence-corrected chi connectivity index (χ0v) is 11.6. The molecule has 0 bridgehead atoms. The van der Waals surface area contributed by atoms with Crippen molar-refractivity contribution in [3.8, 4) is 0 Å². The second-order valence-electron chi connectivity index (χ2n) is 2.74. The number of benzene rings is 1. The number of hydrogen-bond acceptors (Lipinski definition) is 3. The van der Waals surface area contributed by atoms with Crippen molar-refractivity contribution in [1.29, 1.82) is 0 Å². The van der Waals surface area contributed by atoms with Crippen LogP contribution < -0.4 is 4.72 Å². The van der Waals surface area contributed by atoms with Gasteiger partial charge in [0.25, 0.3) is 0 Å². The Morgan fingerprint density at radius 1 is 1.27 bits per heavy atom. The third kappa shape index (κ3) is 3.75. The summed E-state index contributed by atoms with van der Waals surface area (Å²) in [6.07, 6.45) is 0. The molecule has 1 rings (SSSR count).